The number of β-lactam (4-membered cyclic amide) rings is 1. The number of carbonyl (C=O) groups excluding carboxylic acids is 1. The highest BCUT2D eigenvalue weighted by molar-refractivity contribution is 6.18. The van der Waals surface area contributed by atoms with E-state index in [4.69, 9.17) is 11.6 Å². The van der Waals surface area contributed by atoms with Crippen LogP contribution in [0.4, 0.5) is 0 Å². The standard InChI is InChI=1S/C4H6ClNO/c5-2-3-1-4(7)6-3/h3H,1-2H2,(H,6,7)/t3-/m0/s1. The summed E-state index contributed by atoms with van der Waals surface area (Å²) in [7, 11) is 0. The molecular weight excluding hydrogens is 114 g/mol. The summed E-state index contributed by atoms with van der Waals surface area (Å²) in [5.41, 5.74) is 0. The van der Waals surface area contributed by atoms with E-state index in [1.54, 1.807) is 0 Å². The van der Waals surface area contributed by atoms with Crippen LogP contribution in [0.2, 0.25) is 0 Å². The SMILES string of the molecule is O=C1C[C@@H](CCl)N1. The predicted octanol–water partition coefficient (Wildman–Crippen LogP) is 0.114. The molecule has 1 amide bonds. The van der Waals surface area contributed by atoms with Crippen LogP contribution in [-0.4, -0.2) is 17.8 Å². The van der Waals surface area contributed by atoms with Crippen molar-refractivity contribution in [3.63, 3.8) is 0 Å². The first-order chi connectivity index (χ1) is 3.33. The summed E-state index contributed by atoms with van der Waals surface area (Å²) in [4.78, 5) is 10.1. The van der Waals surface area contributed by atoms with E-state index in [9.17, 15) is 4.79 Å². The molecule has 1 rings (SSSR count). The maximum Gasteiger partial charge on any atom is 0.222 e. The lowest BCUT2D eigenvalue weighted by Crippen LogP contribution is -2.49. The zero-order chi connectivity index (χ0) is 5.28. The Morgan fingerprint density at radius 3 is 2.71 bits per heavy atom. The normalized spacial score (nSPS) is 28.7. The lowest BCUT2D eigenvalue weighted by Gasteiger charge is -2.23. The summed E-state index contributed by atoms with van der Waals surface area (Å²) in [6.07, 6.45) is 0.615. The van der Waals surface area contributed by atoms with Crippen molar-refractivity contribution in [2.75, 3.05) is 5.88 Å². The van der Waals surface area contributed by atoms with Crippen molar-refractivity contribution in [1.82, 2.24) is 5.32 Å². The predicted molar refractivity (Wildman–Crippen MR) is 27.3 cm³/mol. The van der Waals surface area contributed by atoms with E-state index in [0.717, 1.165) is 0 Å². The first-order valence-corrected chi connectivity index (χ1v) is 2.71. The second-order valence-electron chi connectivity index (χ2n) is 1.62. The van der Waals surface area contributed by atoms with Gasteiger partial charge in [-0.3, -0.25) is 4.79 Å². The fourth-order valence-electron chi connectivity index (χ4n) is 0.523. The average molecular weight is 120 g/mol. The van der Waals surface area contributed by atoms with Gasteiger partial charge in [-0.2, -0.15) is 0 Å². The number of alkyl halides is 1. The lowest BCUT2D eigenvalue weighted by atomic mass is 10.1. The van der Waals surface area contributed by atoms with Gasteiger partial charge in [0, 0.05) is 12.3 Å². The van der Waals surface area contributed by atoms with E-state index in [-0.39, 0.29) is 11.9 Å². The molecule has 1 aliphatic heterocycles. The lowest BCUT2D eigenvalue weighted by molar-refractivity contribution is -0.127. The van der Waals surface area contributed by atoms with Crippen molar-refractivity contribution in [2.45, 2.75) is 12.5 Å². The van der Waals surface area contributed by atoms with Crippen LogP contribution in [0.15, 0.2) is 0 Å². The molecule has 0 bridgehead atoms. The molecule has 1 heterocycles. The second-order valence-corrected chi connectivity index (χ2v) is 1.93. The van der Waals surface area contributed by atoms with Gasteiger partial charge in [0.2, 0.25) is 5.91 Å². The van der Waals surface area contributed by atoms with Gasteiger partial charge in [0.05, 0.1) is 6.04 Å². The molecule has 0 saturated carbocycles. The summed E-state index contributed by atoms with van der Waals surface area (Å²) < 4.78 is 0. The number of nitrogens with one attached hydrogen (secondary N) is 1. The molecule has 0 aromatic carbocycles. The highest BCUT2D eigenvalue weighted by Crippen LogP contribution is 2.04. The summed E-state index contributed by atoms with van der Waals surface area (Å²) >= 11 is 5.35. The monoisotopic (exact) mass is 119 g/mol. The fraction of sp³-hybridized carbons (Fsp3) is 0.750. The van der Waals surface area contributed by atoms with Crippen LogP contribution in [0.25, 0.3) is 0 Å². The van der Waals surface area contributed by atoms with Crippen LogP contribution in [0.1, 0.15) is 6.42 Å². The molecule has 0 radical (unpaired) electrons. The summed E-state index contributed by atoms with van der Waals surface area (Å²) in [5, 5.41) is 2.62. The quantitative estimate of drug-likeness (QED) is 0.385. The Labute approximate surface area is 46.8 Å². The van der Waals surface area contributed by atoms with E-state index >= 15 is 0 Å². The zero-order valence-corrected chi connectivity index (χ0v) is 4.53. The molecule has 0 unspecified atom stereocenters. The van der Waals surface area contributed by atoms with E-state index in [1.165, 1.54) is 0 Å². The molecule has 0 aliphatic carbocycles. The van der Waals surface area contributed by atoms with Gasteiger partial charge in [0.15, 0.2) is 0 Å². The Morgan fingerprint density at radius 1 is 2.00 bits per heavy atom. The van der Waals surface area contributed by atoms with Crippen LogP contribution in [0.3, 0.4) is 0 Å². The molecule has 1 N–H and O–H groups in total. The minimum Gasteiger partial charge on any atom is -0.352 e. The zero-order valence-electron chi connectivity index (χ0n) is 3.78. The first kappa shape index (κ1) is 4.91. The van der Waals surface area contributed by atoms with Gasteiger partial charge < -0.3 is 5.32 Å². The molecule has 1 saturated heterocycles. The summed E-state index contributed by atoms with van der Waals surface area (Å²) in [6.45, 7) is 0. The van der Waals surface area contributed by atoms with E-state index in [1.807, 2.05) is 0 Å². The number of carbonyl (C=O) groups is 1. The summed E-state index contributed by atoms with van der Waals surface area (Å²) in [6, 6.07) is 0.258. The molecule has 7 heavy (non-hydrogen) atoms. The molecule has 0 aromatic heterocycles. The van der Waals surface area contributed by atoms with Crippen LogP contribution >= 0.6 is 11.6 Å². The Hall–Kier alpha value is -0.240. The molecule has 1 atom stereocenters. The molecule has 0 aromatic rings. The van der Waals surface area contributed by atoms with Gasteiger partial charge in [-0.15, -0.1) is 11.6 Å². The largest absolute Gasteiger partial charge is 0.352 e. The highest BCUT2D eigenvalue weighted by Gasteiger charge is 2.23. The highest BCUT2D eigenvalue weighted by atomic mass is 35.5. The summed E-state index contributed by atoms with van der Waals surface area (Å²) in [5.74, 6) is 0.664. The first-order valence-electron chi connectivity index (χ1n) is 2.18. The van der Waals surface area contributed by atoms with Gasteiger partial charge in [-0.1, -0.05) is 0 Å². The molecule has 0 spiro atoms. The molecule has 2 nitrogen and oxygen atoms in total. The Bertz CT molecular complexity index is 85.7. The topological polar surface area (TPSA) is 29.1 Å². The molecule has 40 valence electrons. The Kier molecular flexibility index (Phi) is 1.19. The van der Waals surface area contributed by atoms with Crippen molar-refractivity contribution >= 4 is 17.5 Å². The number of hydrogen-bond donors (Lipinski definition) is 1. The van der Waals surface area contributed by atoms with Crippen LogP contribution in [0, 0.1) is 0 Å². The third kappa shape index (κ3) is 0.855. The molecule has 1 aliphatic rings. The molecular formula is C4H6ClNO. The Morgan fingerprint density at radius 2 is 2.57 bits per heavy atom. The van der Waals surface area contributed by atoms with Gasteiger partial charge in [-0.05, 0) is 0 Å². The van der Waals surface area contributed by atoms with Crippen molar-refractivity contribution < 1.29 is 4.79 Å². The fourth-order valence-corrected chi connectivity index (χ4v) is 0.710. The average Bonchev–Trinajstić information content (AvgIpc) is 1.58. The van der Waals surface area contributed by atoms with E-state index in [0.29, 0.717) is 12.3 Å². The van der Waals surface area contributed by atoms with Gasteiger partial charge >= 0.3 is 0 Å². The minimum absolute atomic E-state index is 0.116. The van der Waals surface area contributed by atoms with Crippen molar-refractivity contribution in [3.05, 3.63) is 0 Å². The van der Waals surface area contributed by atoms with E-state index in [2.05, 4.69) is 5.32 Å². The number of hydrogen-bond acceptors (Lipinski definition) is 1. The number of amides is 1. The van der Waals surface area contributed by atoms with Crippen LogP contribution in [0.5, 0.6) is 0 Å². The minimum atomic E-state index is 0.116. The smallest absolute Gasteiger partial charge is 0.222 e. The van der Waals surface area contributed by atoms with Gasteiger partial charge in [0.1, 0.15) is 0 Å². The third-order valence-corrected chi connectivity index (χ3v) is 1.36. The van der Waals surface area contributed by atoms with E-state index < -0.39 is 0 Å². The second kappa shape index (κ2) is 1.70. The number of halogens is 1. The van der Waals surface area contributed by atoms with Gasteiger partial charge in [0.25, 0.3) is 0 Å². The van der Waals surface area contributed by atoms with Crippen LogP contribution in [-0.2, 0) is 4.79 Å². The van der Waals surface area contributed by atoms with Crippen LogP contribution < -0.4 is 5.32 Å². The van der Waals surface area contributed by atoms with Crippen molar-refractivity contribution in [2.24, 2.45) is 0 Å². The van der Waals surface area contributed by atoms with Gasteiger partial charge in [-0.25, -0.2) is 0 Å². The van der Waals surface area contributed by atoms with Crippen molar-refractivity contribution in [1.29, 1.82) is 0 Å². The molecule has 1 fully saturated rings. The Balaban J connectivity index is 2.17. The third-order valence-electron chi connectivity index (χ3n) is 0.983. The van der Waals surface area contributed by atoms with Crippen molar-refractivity contribution in [3.8, 4) is 0 Å². The maximum absolute atomic E-state index is 10.1. The molecule has 3 heteroatoms. The maximum atomic E-state index is 10.1. The number of rotatable bonds is 1.